The fraction of sp³-hybridized carbons (Fsp3) is 0.625. The van der Waals surface area contributed by atoms with Gasteiger partial charge in [-0.15, -0.1) is 0 Å². The second-order valence-electron chi connectivity index (χ2n) is 6.34. The molecule has 0 amide bonds. The van der Waals surface area contributed by atoms with Gasteiger partial charge in [0.25, 0.3) is 0 Å². The van der Waals surface area contributed by atoms with Crippen molar-refractivity contribution in [1.82, 2.24) is 0 Å². The average Bonchev–Trinajstić information content (AvgIpc) is 3.31. The van der Waals surface area contributed by atoms with Gasteiger partial charge in [0.05, 0.1) is 5.56 Å². The molecule has 0 heterocycles. The number of hydrogen-bond acceptors (Lipinski definition) is 2. The molecule has 21 heavy (non-hydrogen) atoms. The van der Waals surface area contributed by atoms with E-state index in [1.165, 1.54) is 37.8 Å². The van der Waals surface area contributed by atoms with Gasteiger partial charge in [-0.25, -0.2) is 0 Å². The second-order valence-corrected chi connectivity index (χ2v) is 6.34. The van der Waals surface area contributed by atoms with Gasteiger partial charge in [-0.1, -0.05) is 6.07 Å². The minimum Gasteiger partial charge on any atom is -0.371 e. The largest absolute Gasteiger partial charge is 0.416 e. The maximum atomic E-state index is 13.2. The molecule has 3 rings (SSSR count). The lowest BCUT2D eigenvalue weighted by atomic mass is 10.1. The van der Waals surface area contributed by atoms with Crippen molar-refractivity contribution in [3.63, 3.8) is 0 Å². The van der Waals surface area contributed by atoms with Crippen LogP contribution < -0.4 is 10.6 Å². The molecule has 0 bridgehead atoms. The van der Waals surface area contributed by atoms with Crippen LogP contribution in [0.25, 0.3) is 0 Å². The molecule has 0 aromatic heterocycles. The Hall–Kier alpha value is -1.23. The molecule has 5 heteroatoms. The number of benzene rings is 1. The first-order chi connectivity index (χ1) is 9.97. The summed E-state index contributed by atoms with van der Waals surface area (Å²) in [5.41, 5.74) is 5.72. The van der Waals surface area contributed by atoms with Gasteiger partial charge in [0, 0.05) is 25.3 Å². The minimum atomic E-state index is -4.34. The molecule has 0 saturated heterocycles. The zero-order valence-corrected chi connectivity index (χ0v) is 12.0. The van der Waals surface area contributed by atoms with Crippen molar-refractivity contribution in [2.75, 3.05) is 18.0 Å². The highest BCUT2D eigenvalue weighted by Gasteiger charge is 2.35. The van der Waals surface area contributed by atoms with Gasteiger partial charge in [-0.2, -0.15) is 13.2 Å². The van der Waals surface area contributed by atoms with Crippen molar-refractivity contribution in [1.29, 1.82) is 0 Å². The highest BCUT2D eigenvalue weighted by Crippen LogP contribution is 2.38. The predicted octanol–water partition coefficient (Wildman–Crippen LogP) is 3.79. The van der Waals surface area contributed by atoms with Crippen LogP contribution in [-0.4, -0.2) is 13.1 Å². The number of hydrogen-bond donors (Lipinski definition) is 1. The van der Waals surface area contributed by atoms with Crippen molar-refractivity contribution in [3.05, 3.63) is 29.3 Å². The van der Waals surface area contributed by atoms with Crippen LogP contribution in [0.5, 0.6) is 0 Å². The number of nitrogens with two attached hydrogens (primary N) is 1. The molecule has 0 atom stereocenters. The molecule has 2 saturated carbocycles. The van der Waals surface area contributed by atoms with Gasteiger partial charge in [0.1, 0.15) is 0 Å². The summed E-state index contributed by atoms with van der Waals surface area (Å²) in [5.74, 6) is 1.32. The fourth-order valence-corrected chi connectivity index (χ4v) is 2.71. The number of anilines is 1. The monoisotopic (exact) mass is 298 g/mol. The zero-order valence-electron chi connectivity index (χ0n) is 12.0. The third-order valence-electron chi connectivity index (χ3n) is 4.33. The summed E-state index contributed by atoms with van der Waals surface area (Å²) in [6.07, 6.45) is 0.472. The van der Waals surface area contributed by atoms with Crippen LogP contribution in [0.15, 0.2) is 18.2 Å². The van der Waals surface area contributed by atoms with Crippen LogP contribution in [0.3, 0.4) is 0 Å². The van der Waals surface area contributed by atoms with Crippen LogP contribution in [0.2, 0.25) is 0 Å². The van der Waals surface area contributed by atoms with Gasteiger partial charge in [0.2, 0.25) is 0 Å². The van der Waals surface area contributed by atoms with E-state index >= 15 is 0 Å². The molecular formula is C16H21F3N2. The van der Waals surface area contributed by atoms with Crippen molar-refractivity contribution in [2.45, 2.75) is 38.4 Å². The third kappa shape index (κ3) is 3.70. The summed E-state index contributed by atoms with van der Waals surface area (Å²) in [7, 11) is 0. The number of alkyl halides is 3. The molecule has 2 nitrogen and oxygen atoms in total. The summed E-state index contributed by atoms with van der Waals surface area (Å²) >= 11 is 0. The van der Waals surface area contributed by atoms with Crippen LogP contribution in [-0.2, 0) is 12.7 Å². The number of rotatable bonds is 6. The highest BCUT2D eigenvalue weighted by atomic mass is 19.4. The van der Waals surface area contributed by atoms with Crippen molar-refractivity contribution < 1.29 is 13.2 Å². The molecular weight excluding hydrogens is 277 g/mol. The Morgan fingerprint density at radius 2 is 1.62 bits per heavy atom. The zero-order chi connectivity index (χ0) is 15.0. The first-order valence-corrected chi connectivity index (χ1v) is 7.62. The van der Waals surface area contributed by atoms with Gasteiger partial charge in [-0.3, -0.25) is 0 Å². The highest BCUT2D eigenvalue weighted by molar-refractivity contribution is 5.52. The van der Waals surface area contributed by atoms with Gasteiger partial charge < -0.3 is 10.6 Å². The lowest BCUT2D eigenvalue weighted by Crippen LogP contribution is -2.28. The molecule has 0 aliphatic heterocycles. The molecule has 2 aliphatic carbocycles. The second kappa shape index (κ2) is 5.52. The van der Waals surface area contributed by atoms with E-state index in [4.69, 9.17) is 5.73 Å². The first-order valence-electron chi connectivity index (χ1n) is 7.62. The van der Waals surface area contributed by atoms with Crippen LogP contribution >= 0.6 is 0 Å². The smallest absolute Gasteiger partial charge is 0.371 e. The Kier molecular flexibility index (Phi) is 3.86. The Labute approximate surface area is 123 Å². The normalized spacial score (nSPS) is 18.9. The Morgan fingerprint density at radius 3 is 2.05 bits per heavy atom. The number of nitrogens with zero attached hydrogens (tertiary/aromatic N) is 1. The van der Waals surface area contributed by atoms with Crippen LogP contribution in [0.4, 0.5) is 18.9 Å². The van der Waals surface area contributed by atoms with Crippen molar-refractivity contribution in [3.8, 4) is 0 Å². The van der Waals surface area contributed by atoms with E-state index in [1.807, 2.05) is 0 Å². The molecule has 0 spiro atoms. The standard InChI is InChI=1S/C16H21F3N2/c17-16(18,19)15-7-14(6-5-13(15)8-20)21(9-11-1-2-11)10-12-3-4-12/h5-7,11-12H,1-4,8-10,20H2. The van der Waals surface area contributed by atoms with Gasteiger partial charge in [0.15, 0.2) is 0 Å². The first kappa shape index (κ1) is 14.7. The topological polar surface area (TPSA) is 29.3 Å². The van der Waals surface area contributed by atoms with E-state index in [9.17, 15) is 13.2 Å². The summed E-state index contributed by atoms with van der Waals surface area (Å²) in [6.45, 7) is 1.69. The van der Waals surface area contributed by atoms with E-state index in [0.717, 1.165) is 13.1 Å². The minimum absolute atomic E-state index is 0.0830. The van der Waals surface area contributed by atoms with E-state index in [0.29, 0.717) is 17.5 Å². The molecule has 2 aliphatic rings. The molecule has 1 aromatic rings. The predicted molar refractivity (Wildman–Crippen MR) is 77.0 cm³/mol. The fourth-order valence-electron chi connectivity index (χ4n) is 2.71. The molecule has 0 radical (unpaired) electrons. The molecule has 2 N–H and O–H groups in total. The maximum Gasteiger partial charge on any atom is 0.416 e. The van der Waals surface area contributed by atoms with E-state index < -0.39 is 11.7 Å². The number of halogens is 3. The summed E-state index contributed by atoms with van der Waals surface area (Å²) in [5, 5.41) is 0. The Morgan fingerprint density at radius 1 is 1.05 bits per heavy atom. The third-order valence-corrected chi connectivity index (χ3v) is 4.33. The lowest BCUT2D eigenvalue weighted by Gasteiger charge is -2.26. The molecule has 0 unspecified atom stereocenters. The van der Waals surface area contributed by atoms with Crippen LogP contribution in [0.1, 0.15) is 36.8 Å². The van der Waals surface area contributed by atoms with E-state index in [2.05, 4.69) is 4.90 Å². The van der Waals surface area contributed by atoms with Gasteiger partial charge in [-0.05, 0) is 55.2 Å². The van der Waals surface area contributed by atoms with Crippen molar-refractivity contribution >= 4 is 5.69 Å². The Balaban J connectivity index is 1.86. The quantitative estimate of drug-likeness (QED) is 0.865. The Bertz CT molecular complexity index is 491. The van der Waals surface area contributed by atoms with Crippen molar-refractivity contribution in [2.24, 2.45) is 17.6 Å². The molecule has 2 fully saturated rings. The molecule has 1 aromatic carbocycles. The summed E-state index contributed by atoms with van der Waals surface area (Å²) in [6, 6.07) is 4.61. The van der Waals surface area contributed by atoms with Crippen LogP contribution in [0, 0.1) is 11.8 Å². The lowest BCUT2D eigenvalue weighted by molar-refractivity contribution is -0.138. The van der Waals surface area contributed by atoms with E-state index in [-0.39, 0.29) is 12.1 Å². The molecule has 116 valence electrons. The van der Waals surface area contributed by atoms with E-state index in [1.54, 1.807) is 6.07 Å². The maximum absolute atomic E-state index is 13.2. The summed E-state index contributed by atoms with van der Waals surface area (Å²) < 4.78 is 39.5. The SMILES string of the molecule is NCc1ccc(N(CC2CC2)CC2CC2)cc1C(F)(F)F. The van der Waals surface area contributed by atoms with Gasteiger partial charge >= 0.3 is 6.18 Å². The summed E-state index contributed by atoms with van der Waals surface area (Å²) in [4.78, 5) is 2.14. The average molecular weight is 298 g/mol.